The lowest BCUT2D eigenvalue weighted by Gasteiger charge is -2.12. The Balaban J connectivity index is 1.97. The van der Waals surface area contributed by atoms with Crippen molar-refractivity contribution < 1.29 is 4.79 Å². The second-order valence-corrected chi connectivity index (χ2v) is 6.55. The molecule has 1 amide bonds. The summed E-state index contributed by atoms with van der Waals surface area (Å²) in [6.07, 6.45) is 4.01. The summed E-state index contributed by atoms with van der Waals surface area (Å²) in [5, 5.41) is 14.5. The Labute approximate surface area is 127 Å². The molecule has 2 aromatic heterocycles. The number of aromatic nitrogens is 2. The normalized spacial score (nSPS) is 12.3. The monoisotopic (exact) mass is 309 g/mol. The van der Waals surface area contributed by atoms with Crippen LogP contribution in [0.1, 0.15) is 39.5 Å². The van der Waals surface area contributed by atoms with Gasteiger partial charge in [0.2, 0.25) is 11.0 Å². The zero-order chi connectivity index (χ0) is 14.4. The molecule has 108 valence electrons. The first-order valence-electron chi connectivity index (χ1n) is 6.92. The van der Waals surface area contributed by atoms with Gasteiger partial charge >= 0.3 is 0 Å². The number of amides is 1. The number of hydrogen-bond acceptors (Lipinski definition) is 5. The highest BCUT2D eigenvalue weighted by Gasteiger charge is 2.18. The highest BCUT2D eigenvalue weighted by molar-refractivity contribution is 7.23. The molecule has 0 aliphatic heterocycles. The minimum absolute atomic E-state index is 0.0647. The number of unbranched alkanes of at least 4 members (excludes halogenated alkanes) is 1. The fourth-order valence-electron chi connectivity index (χ4n) is 1.95. The molecule has 1 N–H and O–H groups in total. The number of thiophene rings is 1. The van der Waals surface area contributed by atoms with E-state index in [9.17, 15) is 4.79 Å². The van der Waals surface area contributed by atoms with Gasteiger partial charge in [0.1, 0.15) is 0 Å². The van der Waals surface area contributed by atoms with Crippen LogP contribution in [-0.4, -0.2) is 16.1 Å². The van der Waals surface area contributed by atoms with Crippen molar-refractivity contribution in [3.63, 3.8) is 0 Å². The molecule has 2 heterocycles. The average Bonchev–Trinajstić information content (AvgIpc) is 3.09. The summed E-state index contributed by atoms with van der Waals surface area (Å²) in [6, 6.07) is 3.99. The molecule has 0 saturated carbocycles. The molecule has 4 nitrogen and oxygen atoms in total. The molecule has 2 rings (SSSR count). The Morgan fingerprint density at radius 3 is 2.90 bits per heavy atom. The molecule has 0 aromatic carbocycles. The third kappa shape index (κ3) is 3.86. The number of carbonyl (C=O) groups is 1. The first-order chi connectivity index (χ1) is 9.74. The molecule has 2 aromatic rings. The van der Waals surface area contributed by atoms with Gasteiger partial charge in [-0.15, -0.1) is 21.5 Å². The SMILES string of the molecule is CCCCC(CC)C(=O)Nc1nnc(-c2cccs2)s1. The number of anilines is 1. The van der Waals surface area contributed by atoms with Gasteiger partial charge in [-0.1, -0.05) is 44.1 Å². The number of nitrogens with one attached hydrogen (secondary N) is 1. The van der Waals surface area contributed by atoms with E-state index in [1.54, 1.807) is 11.3 Å². The van der Waals surface area contributed by atoms with E-state index in [1.807, 2.05) is 17.5 Å². The summed E-state index contributed by atoms with van der Waals surface area (Å²) in [6.45, 7) is 4.19. The van der Waals surface area contributed by atoms with E-state index in [0.717, 1.165) is 35.6 Å². The van der Waals surface area contributed by atoms with Gasteiger partial charge < -0.3 is 5.32 Å². The maximum absolute atomic E-state index is 12.2. The standard InChI is InChI=1S/C14H19N3OS2/c1-3-5-7-10(4-2)12(18)15-14-17-16-13(20-14)11-8-6-9-19-11/h6,8-10H,3-5,7H2,1-2H3,(H,15,17,18). The van der Waals surface area contributed by atoms with Crippen LogP contribution in [0.3, 0.4) is 0 Å². The van der Waals surface area contributed by atoms with Crippen LogP contribution < -0.4 is 5.32 Å². The Kier molecular flexibility index (Phi) is 5.67. The maximum Gasteiger partial charge on any atom is 0.229 e. The molecule has 1 unspecified atom stereocenters. The summed E-state index contributed by atoms with van der Waals surface area (Å²) in [7, 11) is 0. The fraction of sp³-hybridized carbons (Fsp3) is 0.500. The highest BCUT2D eigenvalue weighted by Crippen LogP contribution is 2.30. The fourth-order valence-corrected chi connectivity index (χ4v) is 3.49. The van der Waals surface area contributed by atoms with Crippen molar-refractivity contribution in [1.82, 2.24) is 10.2 Å². The largest absolute Gasteiger partial charge is 0.300 e. The minimum atomic E-state index is 0.0647. The molecular formula is C14H19N3OS2. The molecule has 20 heavy (non-hydrogen) atoms. The zero-order valence-corrected chi connectivity index (χ0v) is 13.4. The van der Waals surface area contributed by atoms with Gasteiger partial charge in [0.05, 0.1) is 4.88 Å². The van der Waals surface area contributed by atoms with Crippen LogP contribution in [-0.2, 0) is 4.79 Å². The van der Waals surface area contributed by atoms with E-state index in [0.29, 0.717) is 5.13 Å². The van der Waals surface area contributed by atoms with Crippen molar-refractivity contribution in [3.05, 3.63) is 17.5 Å². The van der Waals surface area contributed by atoms with Crippen LogP contribution in [0.15, 0.2) is 17.5 Å². The van der Waals surface area contributed by atoms with E-state index >= 15 is 0 Å². The lowest BCUT2D eigenvalue weighted by Crippen LogP contribution is -2.22. The van der Waals surface area contributed by atoms with Gasteiger partial charge in [-0.3, -0.25) is 4.79 Å². The average molecular weight is 309 g/mol. The van der Waals surface area contributed by atoms with Gasteiger partial charge in [0.25, 0.3) is 0 Å². The maximum atomic E-state index is 12.2. The third-order valence-electron chi connectivity index (χ3n) is 3.16. The summed E-state index contributed by atoms with van der Waals surface area (Å²) in [5.41, 5.74) is 0. The van der Waals surface area contributed by atoms with Gasteiger partial charge in [0.15, 0.2) is 5.01 Å². The van der Waals surface area contributed by atoms with Crippen LogP contribution in [0.25, 0.3) is 9.88 Å². The molecule has 0 fully saturated rings. The summed E-state index contributed by atoms with van der Waals surface area (Å²) < 4.78 is 0. The number of carbonyl (C=O) groups excluding carboxylic acids is 1. The van der Waals surface area contributed by atoms with Gasteiger partial charge in [-0.2, -0.15) is 0 Å². The van der Waals surface area contributed by atoms with E-state index in [1.165, 1.54) is 11.3 Å². The molecule has 0 spiro atoms. The minimum Gasteiger partial charge on any atom is -0.300 e. The first kappa shape index (κ1) is 15.1. The molecule has 0 radical (unpaired) electrons. The summed E-state index contributed by atoms with van der Waals surface area (Å²) >= 11 is 3.05. The van der Waals surface area contributed by atoms with Crippen molar-refractivity contribution in [2.24, 2.45) is 5.92 Å². The first-order valence-corrected chi connectivity index (χ1v) is 8.62. The molecule has 0 aliphatic rings. The molecule has 0 bridgehead atoms. The number of hydrogen-bond donors (Lipinski definition) is 1. The van der Waals surface area contributed by atoms with Crippen molar-refractivity contribution in [2.45, 2.75) is 39.5 Å². The van der Waals surface area contributed by atoms with Crippen LogP contribution in [0.4, 0.5) is 5.13 Å². The molecule has 6 heteroatoms. The number of nitrogens with zero attached hydrogens (tertiary/aromatic N) is 2. The van der Waals surface area contributed by atoms with Gasteiger partial charge in [-0.25, -0.2) is 0 Å². The lowest BCUT2D eigenvalue weighted by atomic mass is 9.99. The van der Waals surface area contributed by atoms with E-state index < -0.39 is 0 Å². The second-order valence-electron chi connectivity index (χ2n) is 4.63. The second kappa shape index (κ2) is 7.50. The molecule has 0 aliphatic carbocycles. The third-order valence-corrected chi connectivity index (χ3v) is 5.03. The lowest BCUT2D eigenvalue weighted by molar-refractivity contribution is -0.120. The van der Waals surface area contributed by atoms with Crippen molar-refractivity contribution >= 4 is 33.7 Å². The van der Waals surface area contributed by atoms with Gasteiger partial charge in [0, 0.05) is 5.92 Å². The smallest absolute Gasteiger partial charge is 0.229 e. The highest BCUT2D eigenvalue weighted by atomic mass is 32.1. The van der Waals surface area contributed by atoms with E-state index in [2.05, 4.69) is 29.4 Å². The van der Waals surface area contributed by atoms with Crippen LogP contribution in [0, 0.1) is 5.92 Å². The van der Waals surface area contributed by atoms with Crippen molar-refractivity contribution in [3.8, 4) is 9.88 Å². The van der Waals surface area contributed by atoms with Crippen molar-refractivity contribution in [1.29, 1.82) is 0 Å². The van der Waals surface area contributed by atoms with Gasteiger partial charge in [-0.05, 0) is 24.3 Å². The van der Waals surface area contributed by atoms with Crippen LogP contribution in [0.2, 0.25) is 0 Å². The quantitative estimate of drug-likeness (QED) is 0.823. The van der Waals surface area contributed by atoms with Crippen LogP contribution in [0.5, 0.6) is 0 Å². The van der Waals surface area contributed by atoms with E-state index in [-0.39, 0.29) is 11.8 Å². The Morgan fingerprint density at radius 2 is 2.25 bits per heavy atom. The van der Waals surface area contributed by atoms with E-state index in [4.69, 9.17) is 0 Å². The predicted molar refractivity (Wildman–Crippen MR) is 85.2 cm³/mol. The zero-order valence-electron chi connectivity index (χ0n) is 11.8. The summed E-state index contributed by atoms with van der Waals surface area (Å²) in [5.74, 6) is 0.138. The molecule has 0 saturated heterocycles. The number of rotatable bonds is 7. The molecular weight excluding hydrogens is 290 g/mol. The Bertz CT molecular complexity index is 536. The van der Waals surface area contributed by atoms with Crippen molar-refractivity contribution in [2.75, 3.05) is 5.32 Å². The Hall–Kier alpha value is -1.27. The predicted octanol–water partition coefficient (Wildman–Crippen LogP) is 4.42. The Morgan fingerprint density at radius 1 is 1.40 bits per heavy atom. The molecule has 1 atom stereocenters. The van der Waals surface area contributed by atoms with Crippen LogP contribution >= 0.6 is 22.7 Å². The summed E-state index contributed by atoms with van der Waals surface area (Å²) in [4.78, 5) is 13.3. The topological polar surface area (TPSA) is 54.9 Å².